The van der Waals surface area contributed by atoms with Crippen LogP contribution in [0.2, 0.25) is 5.02 Å². The fourth-order valence-electron chi connectivity index (χ4n) is 3.64. The predicted octanol–water partition coefficient (Wildman–Crippen LogP) is 5.77. The highest BCUT2D eigenvalue weighted by Gasteiger charge is 2.53. The van der Waals surface area contributed by atoms with Crippen molar-refractivity contribution in [3.8, 4) is 11.4 Å². The van der Waals surface area contributed by atoms with E-state index in [4.69, 9.17) is 17.3 Å². The maximum absolute atomic E-state index is 13.8. The minimum Gasteiger partial charge on any atom is -0.434 e. The summed E-state index contributed by atoms with van der Waals surface area (Å²) in [6.45, 7) is -3.32. The summed E-state index contributed by atoms with van der Waals surface area (Å²) >= 11 is 5.87. The van der Waals surface area contributed by atoms with Crippen LogP contribution >= 0.6 is 11.6 Å². The van der Waals surface area contributed by atoms with Gasteiger partial charge in [-0.1, -0.05) is 17.7 Å². The van der Waals surface area contributed by atoms with Crippen LogP contribution in [0, 0.1) is 5.82 Å². The standard InChI is InChI=1S/C24H20ClF6N3O4/c25-16-2-1-3-19(38-22(27)28)20(16)18(36)9-11-23(37,24(29,30)31)10-8-17(35)15-12-33-34(21(15)32)14-6-4-13(26)5-7-14/h1-7,12,22,37H,8-11,32H2. The van der Waals surface area contributed by atoms with Gasteiger partial charge in [-0.25, -0.2) is 9.07 Å². The Kier molecular flexibility index (Phi) is 8.72. The van der Waals surface area contributed by atoms with E-state index in [2.05, 4.69) is 9.84 Å². The normalized spacial score (nSPS) is 13.4. The molecule has 0 aliphatic rings. The van der Waals surface area contributed by atoms with Crippen molar-refractivity contribution < 1.29 is 45.8 Å². The number of nitrogens with two attached hydrogens (primary N) is 1. The predicted molar refractivity (Wildman–Crippen MR) is 124 cm³/mol. The molecule has 204 valence electrons. The molecule has 1 aromatic heterocycles. The number of aromatic nitrogens is 2. The van der Waals surface area contributed by atoms with E-state index in [1.807, 2.05) is 0 Å². The van der Waals surface area contributed by atoms with Crippen molar-refractivity contribution in [1.29, 1.82) is 0 Å². The van der Waals surface area contributed by atoms with Gasteiger partial charge in [0.2, 0.25) is 0 Å². The van der Waals surface area contributed by atoms with E-state index in [0.29, 0.717) is 5.69 Å². The van der Waals surface area contributed by atoms with E-state index in [1.165, 1.54) is 18.2 Å². The van der Waals surface area contributed by atoms with Gasteiger partial charge in [-0.15, -0.1) is 0 Å². The molecule has 1 heterocycles. The summed E-state index contributed by atoms with van der Waals surface area (Å²) in [4.78, 5) is 25.2. The number of anilines is 1. The Morgan fingerprint density at radius 3 is 2.24 bits per heavy atom. The summed E-state index contributed by atoms with van der Waals surface area (Å²) in [6.07, 6.45) is -8.31. The van der Waals surface area contributed by atoms with Crippen LogP contribution in [0.15, 0.2) is 48.7 Å². The summed E-state index contributed by atoms with van der Waals surface area (Å²) in [7, 11) is 0. The first-order chi connectivity index (χ1) is 17.7. The molecule has 0 amide bonds. The van der Waals surface area contributed by atoms with Gasteiger partial charge in [-0.3, -0.25) is 9.59 Å². The molecule has 1 atom stereocenters. The lowest BCUT2D eigenvalue weighted by Gasteiger charge is -2.30. The highest BCUT2D eigenvalue weighted by molar-refractivity contribution is 6.34. The number of alkyl halides is 5. The maximum atomic E-state index is 13.8. The zero-order valence-electron chi connectivity index (χ0n) is 19.3. The first-order valence-electron chi connectivity index (χ1n) is 10.9. The Morgan fingerprint density at radius 2 is 1.66 bits per heavy atom. The zero-order valence-corrected chi connectivity index (χ0v) is 20.1. The Bertz CT molecular complexity index is 1310. The van der Waals surface area contributed by atoms with Crippen molar-refractivity contribution in [2.24, 2.45) is 0 Å². The second-order valence-corrected chi connectivity index (χ2v) is 8.61. The number of carbonyl (C=O) groups excluding carboxylic acids is 2. The van der Waals surface area contributed by atoms with E-state index in [-0.39, 0.29) is 16.4 Å². The van der Waals surface area contributed by atoms with Crippen molar-refractivity contribution in [2.45, 2.75) is 44.1 Å². The van der Waals surface area contributed by atoms with Crippen molar-refractivity contribution in [1.82, 2.24) is 9.78 Å². The van der Waals surface area contributed by atoms with Gasteiger partial charge in [0, 0.05) is 12.8 Å². The topological polar surface area (TPSA) is 107 Å². The van der Waals surface area contributed by atoms with Crippen LogP contribution in [0.5, 0.6) is 5.75 Å². The molecule has 3 rings (SSSR count). The number of ketones is 2. The van der Waals surface area contributed by atoms with Gasteiger partial charge < -0.3 is 15.6 Å². The summed E-state index contributed by atoms with van der Waals surface area (Å²) in [5.41, 5.74) is 1.94. The third-order valence-corrected chi connectivity index (χ3v) is 6.02. The summed E-state index contributed by atoms with van der Waals surface area (Å²) in [6, 6.07) is 8.25. The van der Waals surface area contributed by atoms with Crippen molar-refractivity contribution in [3.05, 3.63) is 70.6 Å². The molecule has 0 bridgehead atoms. The molecule has 0 saturated heterocycles. The molecular formula is C24H20ClF6N3O4. The first kappa shape index (κ1) is 29.0. The van der Waals surface area contributed by atoms with Crippen LogP contribution in [0.25, 0.3) is 5.69 Å². The van der Waals surface area contributed by atoms with Gasteiger partial charge in [0.15, 0.2) is 17.2 Å². The number of carbonyl (C=O) groups is 2. The molecule has 14 heteroatoms. The van der Waals surface area contributed by atoms with Crippen LogP contribution in [-0.2, 0) is 0 Å². The van der Waals surface area contributed by atoms with Crippen LogP contribution < -0.4 is 10.5 Å². The monoisotopic (exact) mass is 563 g/mol. The van der Waals surface area contributed by atoms with Crippen molar-refractivity contribution >= 4 is 29.0 Å². The Balaban J connectivity index is 1.74. The molecule has 0 radical (unpaired) electrons. The molecular weight excluding hydrogens is 544 g/mol. The maximum Gasteiger partial charge on any atom is 0.417 e. The number of hydrogen-bond donors (Lipinski definition) is 2. The number of rotatable bonds is 11. The fraction of sp³-hybridized carbons (Fsp3) is 0.292. The molecule has 0 spiro atoms. The Hall–Kier alpha value is -3.58. The van der Waals surface area contributed by atoms with Gasteiger partial charge in [0.1, 0.15) is 17.4 Å². The van der Waals surface area contributed by atoms with E-state index >= 15 is 0 Å². The Morgan fingerprint density at radius 1 is 1.05 bits per heavy atom. The lowest BCUT2D eigenvalue weighted by atomic mass is 9.88. The molecule has 38 heavy (non-hydrogen) atoms. The smallest absolute Gasteiger partial charge is 0.417 e. The van der Waals surface area contributed by atoms with Gasteiger partial charge in [0.05, 0.1) is 28.0 Å². The molecule has 2 aromatic carbocycles. The molecule has 3 aromatic rings. The van der Waals surface area contributed by atoms with E-state index in [1.54, 1.807) is 0 Å². The average Bonchev–Trinajstić information content (AvgIpc) is 3.22. The quantitative estimate of drug-likeness (QED) is 0.227. The molecule has 0 saturated carbocycles. The molecule has 3 N–H and O–H groups in total. The lowest BCUT2D eigenvalue weighted by molar-refractivity contribution is -0.264. The van der Waals surface area contributed by atoms with Gasteiger partial charge in [0.25, 0.3) is 0 Å². The van der Waals surface area contributed by atoms with Crippen LogP contribution in [0.4, 0.5) is 32.2 Å². The number of ether oxygens (including phenoxy) is 1. The number of benzene rings is 2. The highest BCUT2D eigenvalue weighted by Crippen LogP contribution is 2.39. The fourth-order valence-corrected chi connectivity index (χ4v) is 3.91. The summed E-state index contributed by atoms with van der Waals surface area (Å²) in [5.74, 6) is -3.32. The summed E-state index contributed by atoms with van der Waals surface area (Å²) < 4.78 is 85.1. The second kappa shape index (κ2) is 11.4. The first-order valence-corrected chi connectivity index (χ1v) is 11.3. The minimum atomic E-state index is -5.25. The molecule has 0 aliphatic heterocycles. The zero-order chi connectivity index (χ0) is 28.3. The number of halogens is 7. The van der Waals surface area contributed by atoms with Crippen LogP contribution in [-0.4, -0.2) is 44.8 Å². The van der Waals surface area contributed by atoms with Crippen LogP contribution in [0.3, 0.4) is 0 Å². The average molecular weight is 564 g/mol. The van der Waals surface area contributed by atoms with Gasteiger partial charge >= 0.3 is 12.8 Å². The summed E-state index contributed by atoms with van der Waals surface area (Å²) in [5, 5.41) is 14.0. The highest BCUT2D eigenvalue weighted by atomic mass is 35.5. The van der Waals surface area contributed by atoms with E-state index in [0.717, 1.165) is 35.1 Å². The molecule has 0 aliphatic carbocycles. The van der Waals surface area contributed by atoms with Crippen molar-refractivity contribution in [3.63, 3.8) is 0 Å². The van der Waals surface area contributed by atoms with Crippen LogP contribution in [0.1, 0.15) is 46.4 Å². The largest absolute Gasteiger partial charge is 0.434 e. The SMILES string of the molecule is Nc1c(C(=O)CCC(O)(CCC(=O)c2c(Cl)cccc2OC(F)F)C(F)(F)F)cnn1-c1ccc(F)cc1. The Labute approximate surface area is 216 Å². The molecule has 1 unspecified atom stereocenters. The number of nitrogens with zero attached hydrogens (tertiary/aromatic N) is 2. The third-order valence-electron chi connectivity index (χ3n) is 5.71. The number of hydrogen-bond acceptors (Lipinski definition) is 6. The van der Waals surface area contributed by atoms with Crippen molar-refractivity contribution in [2.75, 3.05) is 5.73 Å². The second-order valence-electron chi connectivity index (χ2n) is 8.20. The third kappa shape index (κ3) is 6.45. The molecule has 7 nitrogen and oxygen atoms in total. The van der Waals surface area contributed by atoms with E-state index in [9.17, 15) is 41.0 Å². The van der Waals surface area contributed by atoms with Gasteiger partial charge in [-0.2, -0.15) is 27.1 Å². The lowest BCUT2D eigenvalue weighted by Crippen LogP contribution is -2.45. The van der Waals surface area contributed by atoms with E-state index < -0.39 is 72.8 Å². The number of aliphatic hydroxyl groups is 1. The molecule has 0 fully saturated rings. The number of Topliss-reactive ketones (excluding diaryl/α,β-unsaturated/α-hetero) is 2. The minimum absolute atomic E-state index is 0.211. The number of nitrogen functional groups attached to an aromatic ring is 1. The van der Waals surface area contributed by atoms with Gasteiger partial charge in [-0.05, 0) is 49.2 Å².